The molecule has 1 unspecified atom stereocenters. The maximum absolute atomic E-state index is 12.4. The summed E-state index contributed by atoms with van der Waals surface area (Å²) in [6.07, 6.45) is 1.70. The van der Waals surface area contributed by atoms with Crippen molar-refractivity contribution < 1.29 is 19.4 Å². The van der Waals surface area contributed by atoms with Gasteiger partial charge in [0, 0.05) is 5.02 Å². The largest absolute Gasteiger partial charge is 0.480 e. The van der Waals surface area contributed by atoms with Gasteiger partial charge in [0.1, 0.15) is 0 Å². The third-order valence-electron chi connectivity index (χ3n) is 3.14. The van der Waals surface area contributed by atoms with E-state index in [1.165, 1.54) is 0 Å². The van der Waals surface area contributed by atoms with E-state index in [0.29, 0.717) is 0 Å². The Kier molecular flexibility index (Phi) is 5.97. The monoisotopic (exact) mass is 310 g/mol. The molecule has 1 aromatic carbocycles. The van der Waals surface area contributed by atoms with E-state index in [9.17, 15) is 14.7 Å². The fourth-order valence-corrected chi connectivity index (χ4v) is 2.31. The van der Waals surface area contributed by atoms with E-state index >= 15 is 0 Å². The molecule has 4 nitrogen and oxygen atoms in total. The Morgan fingerprint density at radius 1 is 1.33 bits per heavy atom. The number of ether oxygens (including phenoxy) is 1. The standard InChI is InChI=1S/C16H19ClO4/c1-4-21-15(20)16(14(18)19,10-9-11(2)3)12-7-5-6-8-13(12)17/h5-9H,4,10H2,1-3H3,(H,18,19). The summed E-state index contributed by atoms with van der Waals surface area (Å²) in [5.41, 5.74) is -0.668. The lowest BCUT2D eigenvalue weighted by Crippen LogP contribution is -2.45. The van der Waals surface area contributed by atoms with Crippen LogP contribution in [-0.2, 0) is 19.7 Å². The Labute approximate surface area is 129 Å². The number of halogens is 1. The molecule has 0 aliphatic carbocycles. The third kappa shape index (κ3) is 3.64. The highest BCUT2D eigenvalue weighted by Crippen LogP contribution is 2.36. The summed E-state index contributed by atoms with van der Waals surface area (Å²) >= 11 is 6.12. The van der Waals surface area contributed by atoms with Crippen LogP contribution in [0, 0.1) is 0 Å². The smallest absolute Gasteiger partial charge is 0.328 e. The fraction of sp³-hybridized carbons (Fsp3) is 0.375. The third-order valence-corrected chi connectivity index (χ3v) is 3.47. The summed E-state index contributed by atoms with van der Waals surface area (Å²) in [7, 11) is 0. The number of esters is 1. The van der Waals surface area contributed by atoms with Crippen LogP contribution in [-0.4, -0.2) is 23.7 Å². The van der Waals surface area contributed by atoms with Gasteiger partial charge in [-0.15, -0.1) is 0 Å². The van der Waals surface area contributed by atoms with E-state index in [1.807, 2.05) is 13.8 Å². The van der Waals surface area contributed by atoms with Crippen molar-refractivity contribution in [3.8, 4) is 0 Å². The first-order valence-electron chi connectivity index (χ1n) is 6.65. The number of allylic oxidation sites excluding steroid dienone is 2. The van der Waals surface area contributed by atoms with Crippen LogP contribution in [0.25, 0.3) is 0 Å². The Morgan fingerprint density at radius 3 is 2.43 bits per heavy atom. The van der Waals surface area contributed by atoms with Gasteiger partial charge in [0.15, 0.2) is 5.41 Å². The number of aliphatic carboxylic acids is 1. The van der Waals surface area contributed by atoms with Crippen molar-refractivity contribution in [2.24, 2.45) is 0 Å². The molecule has 1 atom stereocenters. The predicted molar refractivity (Wildman–Crippen MR) is 81.4 cm³/mol. The zero-order valence-corrected chi connectivity index (χ0v) is 13.1. The molecule has 0 radical (unpaired) electrons. The maximum Gasteiger partial charge on any atom is 0.328 e. The van der Waals surface area contributed by atoms with Crippen LogP contribution < -0.4 is 0 Å². The Morgan fingerprint density at radius 2 is 1.95 bits per heavy atom. The van der Waals surface area contributed by atoms with Crippen molar-refractivity contribution in [2.45, 2.75) is 32.6 Å². The number of carboxylic acid groups (broad SMARTS) is 1. The first-order chi connectivity index (χ1) is 9.86. The van der Waals surface area contributed by atoms with Gasteiger partial charge in [0.25, 0.3) is 0 Å². The highest BCUT2D eigenvalue weighted by molar-refractivity contribution is 6.32. The Hall–Kier alpha value is -1.81. The summed E-state index contributed by atoms with van der Waals surface area (Å²) in [5.74, 6) is -2.07. The van der Waals surface area contributed by atoms with Gasteiger partial charge in [-0.05, 0) is 38.8 Å². The van der Waals surface area contributed by atoms with Gasteiger partial charge in [0.2, 0.25) is 0 Å². The summed E-state index contributed by atoms with van der Waals surface area (Å²) in [5, 5.41) is 9.95. The molecule has 0 saturated heterocycles. The molecule has 0 heterocycles. The summed E-state index contributed by atoms with van der Waals surface area (Å²) in [6, 6.07) is 6.45. The molecule has 1 N–H and O–H groups in total. The minimum atomic E-state index is -1.83. The Bertz CT molecular complexity index is 561. The maximum atomic E-state index is 12.4. The number of rotatable bonds is 6. The molecule has 5 heteroatoms. The number of benzene rings is 1. The highest BCUT2D eigenvalue weighted by Gasteiger charge is 2.49. The van der Waals surface area contributed by atoms with Crippen LogP contribution in [0.3, 0.4) is 0 Å². The highest BCUT2D eigenvalue weighted by atomic mass is 35.5. The van der Waals surface area contributed by atoms with Gasteiger partial charge in [-0.2, -0.15) is 0 Å². The lowest BCUT2D eigenvalue weighted by molar-refractivity contribution is -0.161. The molecule has 0 aromatic heterocycles. The van der Waals surface area contributed by atoms with Crippen LogP contribution in [0.15, 0.2) is 35.9 Å². The molecule has 0 bridgehead atoms. The second kappa shape index (κ2) is 7.27. The van der Waals surface area contributed by atoms with Gasteiger partial charge in [-0.25, -0.2) is 0 Å². The van der Waals surface area contributed by atoms with E-state index in [-0.39, 0.29) is 23.6 Å². The molecule has 114 valence electrons. The predicted octanol–water partition coefficient (Wildman–Crippen LogP) is 3.58. The first kappa shape index (κ1) is 17.2. The van der Waals surface area contributed by atoms with Crippen molar-refractivity contribution in [2.75, 3.05) is 6.61 Å². The normalized spacial score (nSPS) is 13.1. The minimum Gasteiger partial charge on any atom is -0.480 e. The topological polar surface area (TPSA) is 63.6 Å². The number of carboxylic acids is 1. The summed E-state index contributed by atoms with van der Waals surface area (Å²) in [4.78, 5) is 24.3. The van der Waals surface area contributed by atoms with Crippen molar-refractivity contribution in [1.82, 2.24) is 0 Å². The van der Waals surface area contributed by atoms with Crippen molar-refractivity contribution >= 4 is 23.5 Å². The minimum absolute atomic E-state index is 0.00671. The molecule has 0 aliphatic heterocycles. The zero-order chi connectivity index (χ0) is 16.0. The van der Waals surface area contributed by atoms with Gasteiger partial charge in [0.05, 0.1) is 6.61 Å². The van der Waals surface area contributed by atoms with Crippen LogP contribution >= 0.6 is 11.6 Å². The SMILES string of the molecule is CCOC(=O)C(CC=C(C)C)(C(=O)O)c1ccccc1Cl. The molecular formula is C16H19ClO4. The van der Waals surface area contributed by atoms with Crippen LogP contribution in [0.4, 0.5) is 0 Å². The molecule has 0 amide bonds. The lowest BCUT2D eigenvalue weighted by atomic mass is 9.77. The van der Waals surface area contributed by atoms with Crippen molar-refractivity contribution in [3.05, 3.63) is 46.5 Å². The molecule has 0 spiro atoms. The van der Waals surface area contributed by atoms with E-state index in [2.05, 4.69) is 0 Å². The van der Waals surface area contributed by atoms with Crippen molar-refractivity contribution in [3.63, 3.8) is 0 Å². The quantitative estimate of drug-likeness (QED) is 0.495. The zero-order valence-electron chi connectivity index (χ0n) is 12.4. The van der Waals surface area contributed by atoms with Gasteiger partial charge in [-0.3, -0.25) is 9.59 Å². The van der Waals surface area contributed by atoms with Gasteiger partial charge >= 0.3 is 11.9 Å². The number of carbonyl (C=O) groups excluding carboxylic acids is 1. The average Bonchev–Trinajstić information content (AvgIpc) is 2.41. The van der Waals surface area contributed by atoms with Crippen LogP contribution in [0.2, 0.25) is 5.02 Å². The van der Waals surface area contributed by atoms with Crippen LogP contribution in [0.5, 0.6) is 0 Å². The number of hydrogen-bond donors (Lipinski definition) is 1. The molecule has 0 saturated carbocycles. The lowest BCUT2D eigenvalue weighted by Gasteiger charge is -2.27. The fourth-order valence-electron chi connectivity index (χ4n) is 2.01. The van der Waals surface area contributed by atoms with E-state index in [4.69, 9.17) is 16.3 Å². The van der Waals surface area contributed by atoms with Crippen LogP contribution in [0.1, 0.15) is 32.8 Å². The number of carbonyl (C=O) groups is 2. The van der Waals surface area contributed by atoms with E-state index in [0.717, 1.165) is 5.57 Å². The van der Waals surface area contributed by atoms with E-state index < -0.39 is 17.4 Å². The number of hydrogen-bond acceptors (Lipinski definition) is 3. The van der Waals surface area contributed by atoms with Crippen molar-refractivity contribution in [1.29, 1.82) is 0 Å². The summed E-state index contributed by atoms with van der Waals surface area (Å²) in [6.45, 7) is 5.42. The van der Waals surface area contributed by atoms with Gasteiger partial charge in [-0.1, -0.05) is 41.4 Å². The first-order valence-corrected chi connectivity index (χ1v) is 7.03. The second-order valence-electron chi connectivity index (χ2n) is 4.90. The summed E-state index contributed by atoms with van der Waals surface area (Å²) < 4.78 is 5.00. The molecule has 0 aliphatic rings. The molecule has 1 aromatic rings. The second-order valence-corrected chi connectivity index (χ2v) is 5.30. The Balaban J connectivity index is 3.51. The van der Waals surface area contributed by atoms with Gasteiger partial charge < -0.3 is 9.84 Å². The molecule has 1 rings (SSSR count). The molecule has 21 heavy (non-hydrogen) atoms. The average molecular weight is 311 g/mol. The van der Waals surface area contributed by atoms with E-state index in [1.54, 1.807) is 37.3 Å². The molecular weight excluding hydrogens is 292 g/mol. The molecule has 0 fully saturated rings.